The van der Waals surface area contributed by atoms with Crippen molar-refractivity contribution in [1.82, 2.24) is 24.5 Å². The molecule has 204 valence electrons. The highest BCUT2D eigenvalue weighted by atomic mass is 19.3. The molecule has 5 rings (SSSR count). The lowest BCUT2D eigenvalue weighted by atomic mass is 9.98. The summed E-state index contributed by atoms with van der Waals surface area (Å²) < 4.78 is 51.8. The van der Waals surface area contributed by atoms with Crippen molar-refractivity contribution < 1.29 is 31.9 Å². The second-order valence-corrected chi connectivity index (χ2v) is 10.1. The lowest BCUT2D eigenvalue weighted by Crippen LogP contribution is -2.57. The molecule has 39 heavy (non-hydrogen) atoms. The van der Waals surface area contributed by atoms with E-state index >= 15 is 0 Å². The zero-order valence-electron chi connectivity index (χ0n) is 21.3. The van der Waals surface area contributed by atoms with Gasteiger partial charge < -0.3 is 23.4 Å². The molecule has 4 heterocycles. The van der Waals surface area contributed by atoms with Crippen molar-refractivity contribution in [3.8, 4) is 11.5 Å². The van der Waals surface area contributed by atoms with Gasteiger partial charge in [0.2, 0.25) is 11.8 Å². The number of pyridine rings is 1. The number of amides is 2. The summed E-state index contributed by atoms with van der Waals surface area (Å²) in [4.78, 5) is 33.2. The summed E-state index contributed by atoms with van der Waals surface area (Å²) in [7, 11) is 0. The van der Waals surface area contributed by atoms with Crippen molar-refractivity contribution in [2.45, 2.75) is 39.3 Å². The van der Waals surface area contributed by atoms with Crippen molar-refractivity contribution in [3.63, 3.8) is 0 Å². The molecule has 0 N–H and O–H groups in total. The third kappa shape index (κ3) is 5.71. The zero-order valence-corrected chi connectivity index (χ0v) is 21.3. The maximum absolute atomic E-state index is 14.1. The fourth-order valence-corrected chi connectivity index (χ4v) is 4.12. The summed E-state index contributed by atoms with van der Waals surface area (Å²) >= 11 is 0. The van der Waals surface area contributed by atoms with Crippen LogP contribution in [0.5, 0.6) is 0 Å². The molecule has 3 aromatic heterocycles. The Kier molecular flexibility index (Phi) is 6.74. The largest absolute Gasteiger partial charge is 0.444 e. The van der Waals surface area contributed by atoms with E-state index in [0.29, 0.717) is 22.6 Å². The van der Waals surface area contributed by atoms with Crippen LogP contribution in [0.15, 0.2) is 53.2 Å². The number of rotatable bonds is 6. The molecule has 0 unspecified atom stereocenters. The van der Waals surface area contributed by atoms with E-state index in [4.69, 9.17) is 9.15 Å². The number of alkyl halides is 2. The molecular weight excluding hydrogens is 517 g/mol. The molecular formula is C26H25F3N6O4. The molecule has 0 radical (unpaired) electrons. The van der Waals surface area contributed by atoms with Gasteiger partial charge in [-0.15, -0.1) is 10.2 Å². The molecule has 0 atom stereocenters. The maximum atomic E-state index is 14.1. The molecule has 2 amide bonds. The fourth-order valence-electron chi connectivity index (χ4n) is 4.12. The van der Waals surface area contributed by atoms with Gasteiger partial charge in [-0.05, 0) is 51.1 Å². The molecule has 1 saturated heterocycles. The third-order valence-corrected chi connectivity index (χ3v) is 5.97. The number of imidazole rings is 1. The molecule has 1 fully saturated rings. The van der Waals surface area contributed by atoms with Crippen molar-refractivity contribution >= 4 is 23.3 Å². The van der Waals surface area contributed by atoms with Gasteiger partial charge in [-0.1, -0.05) is 6.07 Å². The van der Waals surface area contributed by atoms with Crippen LogP contribution in [0, 0.1) is 11.7 Å². The Hall–Kier alpha value is -4.42. The summed E-state index contributed by atoms with van der Waals surface area (Å²) in [5.41, 5.74) is 1.03. The second kappa shape index (κ2) is 10.0. The summed E-state index contributed by atoms with van der Waals surface area (Å²) in [5.74, 6) is -2.14. The van der Waals surface area contributed by atoms with Crippen LogP contribution in [0.4, 0.5) is 23.7 Å². The first kappa shape index (κ1) is 26.2. The molecule has 1 aliphatic heterocycles. The summed E-state index contributed by atoms with van der Waals surface area (Å²) in [6, 6.07) is 8.86. The number of likely N-dealkylation sites (tertiary alicyclic amines) is 1. The number of fused-ring (bicyclic) bond motifs is 1. The van der Waals surface area contributed by atoms with Crippen LogP contribution in [0.25, 0.3) is 17.1 Å². The second-order valence-electron chi connectivity index (χ2n) is 10.1. The van der Waals surface area contributed by atoms with Crippen LogP contribution >= 0.6 is 0 Å². The Labute approximate surface area is 221 Å². The summed E-state index contributed by atoms with van der Waals surface area (Å²) in [5, 5.41) is 6.99. The lowest BCUT2D eigenvalue weighted by molar-refractivity contribution is -0.127. The average Bonchev–Trinajstić information content (AvgIpc) is 3.47. The van der Waals surface area contributed by atoms with E-state index in [2.05, 4.69) is 15.2 Å². The number of ether oxygens (including phenoxy) is 1. The number of carbonyl (C=O) groups is 2. The molecule has 1 aliphatic rings. The van der Waals surface area contributed by atoms with Crippen LogP contribution in [0.3, 0.4) is 0 Å². The minimum absolute atomic E-state index is 0.0261. The van der Waals surface area contributed by atoms with Crippen LogP contribution < -0.4 is 4.90 Å². The lowest BCUT2D eigenvalue weighted by Gasteiger charge is -2.40. The molecule has 1 aromatic carbocycles. The number of aromatic nitrogens is 4. The van der Waals surface area contributed by atoms with Gasteiger partial charge in [0, 0.05) is 36.7 Å². The fraction of sp³-hybridized carbons (Fsp3) is 0.346. The van der Waals surface area contributed by atoms with Gasteiger partial charge in [-0.25, -0.2) is 14.2 Å². The molecule has 0 saturated carbocycles. The highest BCUT2D eigenvalue weighted by Crippen LogP contribution is 2.28. The van der Waals surface area contributed by atoms with Crippen molar-refractivity contribution in [1.29, 1.82) is 0 Å². The molecule has 0 aliphatic carbocycles. The smallest absolute Gasteiger partial charge is 0.410 e. The number of nitrogens with zero attached hydrogens (tertiary/aromatic N) is 6. The van der Waals surface area contributed by atoms with Crippen LogP contribution in [0.2, 0.25) is 0 Å². The Balaban J connectivity index is 1.36. The first-order chi connectivity index (χ1) is 18.5. The van der Waals surface area contributed by atoms with E-state index in [1.807, 2.05) is 0 Å². The first-order valence-electron chi connectivity index (χ1n) is 12.1. The highest BCUT2D eigenvalue weighted by molar-refractivity contribution is 5.96. The van der Waals surface area contributed by atoms with E-state index < -0.39 is 35.7 Å². The summed E-state index contributed by atoms with van der Waals surface area (Å²) in [6.45, 7) is 5.68. The van der Waals surface area contributed by atoms with E-state index in [1.165, 1.54) is 28.0 Å². The minimum Gasteiger partial charge on any atom is -0.444 e. The maximum Gasteiger partial charge on any atom is 0.410 e. The normalized spacial score (nSPS) is 14.1. The van der Waals surface area contributed by atoms with Crippen molar-refractivity contribution in [2.75, 3.05) is 18.0 Å². The van der Waals surface area contributed by atoms with Gasteiger partial charge >= 0.3 is 12.5 Å². The van der Waals surface area contributed by atoms with Gasteiger partial charge in [-0.3, -0.25) is 4.79 Å². The van der Waals surface area contributed by atoms with Gasteiger partial charge in [0.15, 0.2) is 0 Å². The first-order valence-corrected chi connectivity index (χ1v) is 12.1. The number of hydrogen-bond donors (Lipinski definition) is 0. The average molecular weight is 543 g/mol. The van der Waals surface area contributed by atoms with E-state index in [1.54, 1.807) is 55.8 Å². The van der Waals surface area contributed by atoms with E-state index in [9.17, 15) is 22.8 Å². The number of carbonyl (C=O) groups excluding carboxylic acids is 2. The number of anilines is 1. The van der Waals surface area contributed by atoms with Crippen molar-refractivity contribution in [3.05, 3.63) is 66.2 Å². The number of halogens is 3. The number of hydrogen-bond acceptors (Lipinski definition) is 7. The number of benzene rings is 1. The Morgan fingerprint density at radius 2 is 1.95 bits per heavy atom. The topological polar surface area (TPSA) is 106 Å². The van der Waals surface area contributed by atoms with E-state index in [0.717, 1.165) is 0 Å². The highest BCUT2D eigenvalue weighted by Gasteiger charge is 2.40. The van der Waals surface area contributed by atoms with Gasteiger partial charge in [-0.2, -0.15) is 8.78 Å². The van der Waals surface area contributed by atoms with Crippen LogP contribution in [-0.2, 0) is 16.1 Å². The van der Waals surface area contributed by atoms with E-state index in [-0.39, 0.29) is 31.4 Å². The Morgan fingerprint density at radius 3 is 2.62 bits per heavy atom. The molecule has 4 aromatic rings. The Bertz CT molecular complexity index is 1520. The molecule has 10 nitrogen and oxygen atoms in total. The summed E-state index contributed by atoms with van der Waals surface area (Å²) in [6.07, 6.45) is -0.0368. The van der Waals surface area contributed by atoms with Crippen molar-refractivity contribution in [2.24, 2.45) is 5.92 Å². The zero-order chi connectivity index (χ0) is 27.9. The van der Waals surface area contributed by atoms with Gasteiger partial charge in [0.25, 0.3) is 5.89 Å². The third-order valence-electron chi connectivity index (χ3n) is 5.97. The Morgan fingerprint density at radius 1 is 1.18 bits per heavy atom. The van der Waals surface area contributed by atoms with Gasteiger partial charge in [0.1, 0.15) is 17.1 Å². The molecule has 0 spiro atoms. The standard InChI is InChI=1S/C26H25F3N6O4/c1-26(2,3)39-25(37)34-11-16(12-34)24(36)35(19-6-4-5-17(27)10-19)14-18-13-33-8-7-15(9-20(33)30-18)22-31-32-23(38-22)21(28)29/h4-10,13,16,21H,11-12,14H2,1-3H3. The monoisotopic (exact) mass is 542 g/mol. The predicted octanol–water partition coefficient (Wildman–Crippen LogP) is 4.86. The molecule has 0 bridgehead atoms. The molecule has 13 heteroatoms. The van der Waals surface area contributed by atoms with Gasteiger partial charge in [0.05, 0.1) is 18.2 Å². The van der Waals surface area contributed by atoms with Crippen LogP contribution in [-0.4, -0.2) is 55.2 Å². The SMILES string of the molecule is CC(C)(C)OC(=O)N1CC(C(=O)N(Cc2cn3ccc(-c4nnc(C(F)F)o4)cc3n2)c2cccc(F)c2)C1. The minimum atomic E-state index is -2.88. The predicted molar refractivity (Wildman–Crippen MR) is 132 cm³/mol. The quantitative estimate of drug-likeness (QED) is 0.343. The van der Waals surface area contributed by atoms with Crippen LogP contribution in [0.1, 0.15) is 38.8 Å².